The predicted molar refractivity (Wildman–Crippen MR) is 75.3 cm³/mol. The molecule has 0 bridgehead atoms. The van der Waals surface area contributed by atoms with Crippen LogP contribution in [-0.2, 0) is 0 Å². The number of benzene rings is 2. The van der Waals surface area contributed by atoms with Gasteiger partial charge in [-0.2, -0.15) is 0 Å². The summed E-state index contributed by atoms with van der Waals surface area (Å²) in [4.78, 5) is 11.1. The number of carbonyl (C=O) groups is 1. The first-order valence-corrected chi connectivity index (χ1v) is 5.85. The van der Waals surface area contributed by atoms with Crippen molar-refractivity contribution in [3.05, 3.63) is 65.2 Å². The molecule has 0 aliphatic heterocycles. The highest BCUT2D eigenvalue weighted by atomic mass is 16.5. The van der Waals surface area contributed by atoms with E-state index >= 15 is 0 Å². The van der Waals surface area contributed by atoms with Gasteiger partial charge in [-0.1, -0.05) is 48.6 Å². The average molecular weight is 254 g/mol. The Hall–Kier alpha value is -2.55. The summed E-state index contributed by atoms with van der Waals surface area (Å²) in [6, 6.07) is 14.9. The standard InChI is InChI=1S/C16H14O3/c1-19-15-10-9-13(11-14(15)16(17)18)8-7-12-5-3-2-4-6-12/h2-11H,1H3,(H,17,18)/b8-7-. The minimum Gasteiger partial charge on any atom is -0.496 e. The molecule has 19 heavy (non-hydrogen) atoms. The SMILES string of the molecule is COc1ccc(/C=C\c2ccccc2)cc1C(=O)O. The number of methoxy groups -OCH3 is 1. The molecule has 0 heterocycles. The van der Waals surface area contributed by atoms with Crippen molar-refractivity contribution in [3.63, 3.8) is 0 Å². The summed E-state index contributed by atoms with van der Waals surface area (Å²) in [5, 5.41) is 9.10. The smallest absolute Gasteiger partial charge is 0.339 e. The molecule has 3 heteroatoms. The molecule has 0 saturated carbocycles. The number of hydrogen-bond acceptors (Lipinski definition) is 2. The summed E-state index contributed by atoms with van der Waals surface area (Å²) < 4.78 is 5.02. The number of aromatic carboxylic acids is 1. The Kier molecular flexibility index (Phi) is 3.98. The molecule has 2 aromatic carbocycles. The molecule has 0 saturated heterocycles. The zero-order valence-corrected chi connectivity index (χ0v) is 10.5. The maximum absolute atomic E-state index is 11.1. The number of ether oxygens (including phenoxy) is 1. The van der Waals surface area contributed by atoms with Crippen molar-refractivity contribution in [2.75, 3.05) is 7.11 Å². The van der Waals surface area contributed by atoms with E-state index in [1.54, 1.807) is 12.1 Å². The summed E-state index contributed by atoms with van der Waals surface area (Å²) in [5.74, 6) is -0.629. The molecule has 0 aliphatic carbocycles. The number of rotatable bonds is 4. The summed E-state index contributed by atoms with van der Waals surface area (Å²) >= 11 is 0. The predicted octanol–water partition coefficient (Wildman–Crippen LogP) is 3.56. The minimum atomic E-state index is -0.994. The molecular formula is C16H14O3. The Morgan fingerprint density at radius 1 is 1.05 bits per heavy atom. The summed E-state index contributed by atoms with van der Waals surface area (Å²) in [6.45, 7) is 0. The lowest BCUT2D eigenvalue weighted by Crippen LogP contribution is -2.00. The molecule has 3 nitrogen and oxygen atoms in total. The zero-order chi connectivity index (χ0) is 13.7. The second kappa shape index (κ2) is 5.87. The molecule has 0 fully saturated rings. The topological polar surface area (TPSA) is 46.5 Å². The fraction of sp³-hybridized carbons (Fsp3) is 0.0625. The molecule has 96 valence electrons. The van der Waals surface area contributed by atoms with Crippen molar-refractivity contribution in [2.45, 2.75) is 0 Å². The number of carboxylic acid groups (broad SMARTS) is 1. The molecule has 2 rings (SSSR count). The first kappa shape index (κ1) is 12.9. The van der Waals surface area contributed by atoms with Crippen molar-refractivity contribution < 1.29 is 14.6 Å². The van der Waals surface area contributed by atoms with E-state index in [1.807, 2.05) is 48.6 Å². The highest BCUT2D eigenvalue weighted by Gasteiger charge is 2.10. The summed E-state index contributed by atoms with van der Waals surface area (Å²) in [5.41, 5.74) is 2.05. The van der Waals surface area contributed by atoms with Gasteiger partial charge in [0.25, 0.3) is 0 Å². The first-order valence-electron chi connectivity index (χ1n) is 5.85. The quantitative estimate of drug-likeness (QED) is 0.848. The van der Waals surface area contributed by atoms with Crippen LogP contribution in [0.25, 0.3) is 12.2 Å². The second-order valence-electron chi connectivity index (χ2n) is 4.01. The second-order valence-corrected chi connectivity index (χ2v) is 4.01. The Morgan fingerprint density at radius 2 is 1.74 bits per heavy atom. The van der Waals surface area contributed by atoms with Crippen molar-refractivity contribution >= 4 is 18.1 Å². The van der Waals surface area contributed by atoms with Crippen LogP contribution in [0.1, 0.15) is 21.5 Å². The fourth-order valence-corrected chi connectivity index (χ4v) is 1.75. The van der Waals surface area contributed by atoms with Gasteiger partial charge in [0.05, 0.1) is 7.11 Å². The highest BCUT2D eigenvalue weighted by molar-refractivity contribution is 5.92. The Bertz CT molecular complexity index is 601. The first-order chi connectivity index (χ1) is 9.20. The lowest BCUT2D eigenvalue weighted by molar-refractivity contribution is 0.0693. The number of carboxylic acids is 1. The van der Waals surface area contributed by atoms with Gasteiger partial charge in [0.15, 0.2) is 0 Å². The van der Waals surface area contributed by atoms with Gasteiger partial charge in [-0.15, -0.1) is 0 Å². The highest BCUT2D eigenvalue weighted by Crippen LogP contribution is 2.21. The molecule has 0 atom stereocenters. The van der Waals surface area contributed by atoms with Crippen LogP contribution in [0.4, 0.5) is 0 Å². The van der Waals surface area contributed by atoms with E-state index in [9.17, 15) is 4.79 Å². The van der Waals surface area contributed by atoms with Crippen LogP contribution in [-0.4, -0.2) is 18.2 Å². The van der Waals surface area contributed by atoms with Gasteiger partial charge in [-0.3, -0.25) is 0 Å². The van der Waals surface area contributed by atoms with E-state index in [0.29, 0.717) is 5.75 Å². The van der Waals surface area contributed by atoms with Crippen LogP contribution in [0.2, 0.25) is 0 Å². The van der Waals surface area contributed by atoms with Crippen molar-refractivity contribution in [1.29, 1.82) is 0 Å². The van der Waals surface area contributed by atoms with Crippen molar-refractivity contribution in [3.8, 4) is 5.75 Å². The maximum atomic E-state index is 11.1. The third kappa shape index (κ3) is 3.22. The molecule has 0 aliphatic rings. The van der Waals surface area contributed by atoms with E-state index < -0.39 is 5.97 Å². The third-order valence-corrected chi connectivity index (χ3v) is 2.72. The van der Waals surface area contributed by atoms with E-state index in [2.05, 4.69) is 0 Å². The molecule has 0 unspecified atom stereocenters. The normalized spacial score (nSPS) is 10.6. The Labute approximate surface area is 111 Å². The van der Waals surface area contributed by atoms with Gasteiger partial charge in [-0.05, 0) is 23.3 Å². The van der Waals surface area contributed by atoms with Gasteiger partial charge in [0.2, 0.25) is 0 Å². The van der Waals surface area contributed by atoms with Crippen LogP contribution in [0.5, 0.6) is 5.75 Å². The molecule has 0 aromatic heterocycles. The van der Waals surface area contributed by atoms with Crippen molar-refractivity contribution in [1.82, 2.24) is 0 Å². The van der Waals surface area contributed by atoms with Gasteiger partial charge in [0, 0.05) is 0 Å². The Morgan fingerprint density at radius 3 is 2.37 bits per heavy atom. The van der Waals surface area contributed by atoms with Crippen LogP contribution < -0.4 is 4.74 Å². The molecule has 1 N–H and O–H groups in total. The monoisotopic (exact) mass is 254 g/mol. The van der Waals surface area contributed by atoms with E-state index in [-0.39, 0.29) is 5.56 Å². The van der Waals surface area contributed by atoms with Crippen LogP contribution in [0, 0.1) is 0 Å². The zero-order valence-electron chi connectivity index (χ0n) is 10.5. The van der Waals surface area contributed by atoms with Gasteiger partial charge in [-0.25, -0.2) is 4.79 Å². The lowest BCUT2D eigenvalue weighted by Gasteiger charge is -2.05. The molecule has 0 spiro atoms. The molecule has 0 amide bonds. The Balaban J connectivity index is 2.29. The molecule has 0 radical (unpaired) electrons. The van der Waals surface area contributed by atoms with Crippen LogP contribution in [0.3, 0.4) is 0 Å². The average Bonchev–Trinajstić information content (AvgIpc) is 2.46. The largest absolute Gasteiger partial charge is 0.496 e. The summed E-state index contributed by atoms with van der Waals surface area (Å²) in [7, 11) is 1.46. The van der Waals surface area contributed by atoms with Crippen LogP contribution in [0.15, 0.2) is 48.5 Å². The van der Waals surface area contributed by atoms with Gasteiger partial charge >= 0.3 is 5.97 Å². The third-order valence-electron chi connectivity index (χ3n) is 2.72. The molecular weight excluding hydrogens is 240 g/mol. The molecule has 2 aromatic rings. The van der Waals surface area contributed by atoms with Gasteiger partial charge in [0.1, 0.15) is 11.3 Å². The van der Waals surface area contributed by atoms with E-state index in [0.717, 1.165) is 11.1 Å². The van der Waals surface area contributed by atoms with Crippen LogP contribution >= 0.6 is 0 Å². The number of hydrogen-bond donors (Lipinski definition) is 1. The minimum absolute atomic E-state index is 0.165. The van der Waals surface area contributed by atoms with E-state index in [1.165, 1.54) is 7.11 Å². The van der Waals surface area contributed by atoms with E-state index in [4.69, 9.17) is 9.84 Å². The lowest BCUT2D eigenvalue weighted by atomic mass is 10.1. The summed E-state index contributed by atoms with van der Waals surface area (Å²) in [6.07, 6.45) is 3.81. The van der Waals surface area contributed by atoms with Gasteiger partial charge < -0.3 is 9.84 Å². The fourth-order valence-electron chi connectivity index (χ4n) is 1.75. The maximum Gasteiger partial charge on any atom is 0.339 e. The van der Waals surface area contributed by atoms with Crippen molar-refractivity contribution in [2.24, 2.45) is 0 Å².